The highest BCUT2D eigenvalue weighted by Crippen LogP contribution is 2.40. The summed E-state index contributed by atoms with van der Waals surface area (Å²) in [5.41, 5.74) is 17.3. The lowest BCUT2D eigenvalue weighted by molar-refractivity contribution is -0.143. The Morgan fingerprint density at radius 2 is 1.48 bits per heavy atom. The molecule has 1 aliphatic rings. The van der Waals surface area contributed by atoms with Gasteiger partial charge in [0.15, 0.2) is 0 Å². The van der Waals surface area contributed by atoms with Crippen LogP contribution in [0.4, 0.5) is 0 Å². The molecule has 0 aliphatic carbocycles. The van der Waals surface area contributed by atoms with Gasteiger partial charge < -0.3 is 47.1 Å². The van der Waals surface area contributed by atoms with Crippen molar-refractivity contribution in [1.82, 2.24) is 26.2 Å². The van der Waals surface area contributed by atoms with Crippen molar-refractivity contribution in [3.63, 3.8) is 0 Å². The van der Waals surface area contributed by atoms with Crippen molar-refractivity contribution in [2.24, 2.45) is 11.5 Å². The zero-order valence-corrected chi connectivity index (χ0v) is 36.6. The molecule has 0 saturated heterocycles. The van der Waals surface area contributed by atoms with Crippen LogP contribution in [0, 0.1) is 0 Å². The molecule has 8 N–H and O–H groups in total. The number of rotatable bonds is 17. The Morgan fingerprint density at radius 3 is 2.10 bits per heavy atom. The molecule has 0 saturated carbocycles. The third kappa shape index (κ3) is 12.2. The first-order valence-corrected chi connectivity index (χ1v) is 21.3. The van der Waals surface area contributed by atoms with Crippen molar-refractivity contribution in [2.75, 3.05) is 34.4 Å². The van der Waals surface area contributed by atoms with E-state index in [9.17, 15) is 28.8 Å². The van der Waals surface area contributed by atoms with Gasteiger partial charge in [0.05, 0.1) is 14.2 Å². The summed E-state index contributed by atoms with van der Waals surface area (Å²) in [6.07, 6.45) is 3.31. The number of hydrogen-bond donors (Lipinski definition) is 6. The highest BCUT2D eigenvalue weighted by molar-refractivity contribution is 5.97. The van der Waals surface area contributed by atoms with E-state index in [0.717, 1.165) is 24.0 Å². The maximum absolute atomic E-state index is 14.5. The summed E-state index contributed by atoms with van der Waals surface area (Å²) in [6, 6.07) is 21.2. The monoisotopic (exact) mass is 861 g/mol. The molecule has 334 valence electrons. The predicted octanol–water partition coefficient (Wildman–Crippen LogP) is 3.95. The van der Waals surface area contributed by atoms with E-state index in [-0.39, 0.29) is 31.7 Å². The molecular weight excluding hydrogens is 803 g/mol. The van der Waals surface area contributed by atoms with Crippen LogP contribution in [0.1, 0.15) is 79.0 Å². The van der Waals surface area contributed by atoms with E-state index < -0.39 is 53.7 Å². The van der Waals surface area contributed by atoms with Crippen LogP contribution < -0.4 is 42.2 Å². The molecule has 15 nitrogen and oxygen atoms in total. The van der Waals surface area contributed by atoms with E-state index in [1.807, 2.05) is 12.1 Å². The number of nitrogens with one attached hydrogen (secondary N) is 4. The Kier molecular flexibility index (Phi) is 16.8. The number of fused-ring (bicyclic) bond motifs is 5. The van der Waals surface area contributed by atoms with E-state index in [1.54, 1.807) is 48.5 Å². The molecular formula is C48H59N7O8. The molecule has 4 atom stereocenters. The van der Waals surface area contributed by atoms with Gasteiger partial charge in [0.1, 0.15) is 35.7 Å². The minimum absolute atomic E-state index is 0.00569. The number of methoxy groups -OCH3 is 2. The van der Waals surface area contributed by atoms with E-state index in [1.165, 1.54) is 38.7 Å². The van der Waals surface area contributed by atoms with Crippen LogP contribution in [0.2, 0.25) is 0 Å². The quantitative estimate of drug-likeness (QED) is 0.0845. The summed E-state index contributed by atoms with van der Waals surface area (Å²) in [5, 5.41) is 10.9. The van der Waals surface area contributed by atoms with Crippen molar-refractivity contribution in [3.05, 3.63) is 107 Å². The molecule has 5 rings (SSSR count). The number of carbonyl (C=O) groups excluding carboxylic acids is 6. The van der Waals surface area contributed by atoms with Crippen molar-refractivity contribution < 1.29 is 38.2 Å². The number of nitrogens with two attached hydrogens (primary N) is 2. The van der Waals surface area contributed by atoms with Crippen LogP contribution in [0.25, 0.3) is 22.3 Å². The van der Waals surface area contributed by atoms with E-state index >= 15 is 0 Å². The van der Waals surface area contributed by atoms with E-state index in [0.29, 0.717) is 58.7 Å². The fraction of sp³-hybridized carbons (Fsp3) is 0.375. The summed E-state index contributed by atoms with van der Waals surface area (Å²) in [5.74, 6) is -2.65. The van der Waals surface area contributed by atoms with Crippen LogP contribution >= 0.6 is 0 Å². The topological polar surface area (TPSA) is 224 Å². The minimum atomic E-state index is -1.32. The third-order valence-corrected chi connectivity index (χ3v) is 11.1. The van der Waals surface area contributed by atoms with Gasteiger partial charge in [-0.05, 0) is 103 Å². The highest BCUT2D eigenvalue weighted by atomic mass is 16.5. The van der Waals surface area contributed by atoms with E-state index in [4.69, 9.17) is 20.9 Å². The average Bonchev–Trinajstić information content (AvgIpc) is 3.28. The zero-order chi connectivity index (χ0) is 45.6. The molecule has 0 fully saturated rings. The number of unbranched alkanes of at least 4 members (excludes halogenated alkanes) is 1. The van der Waals surface area contributed by atoms with Crippen LogP contribution in [0.15, 0.2) is 84.9 Å². The molecule has 6 amide bonds. The van der Waals surface area contributed by atoms with Gasteiger partial charge in [-0.3, -0.25) is 28.8 Å². The van der Waals surface area contributed by atoms with Gasteiger partial charge in [-0.2, -0.15) is 0 Å². The molecule has 1 heterocycles. The predicted molar refractivity (Wildman–Crippen MR) is 241 cm³/mol. The minimum Gasteiger partial charge on any atom is -0.496 e. The molecule has 1 unspecified atom stereocenters. The number of nitrogens with zero attached hydrogens (tertiary/aromatic N) is 1. The van der Waals surface area contributed by atoms with Crippen LogP contribution in [0.5, 0.6) is 11.5 Å². The molecule has 4 aromatic carbocycles. The number of benzene rings is 4. The lowest BCUT2D eigenvalue weighted by Crippen LogP contribution is -2.55. The number of hydrogen-bond acceptors (Lipinski definition) is 9. The second kappa shape index (κ2) is 22.4. The van der Waals surface area contributed by atoms with Gasteiger partial charge >= 0.3 is 0 Å². The Morgan fingerprint density at radius 1 is 0.841 bits per heavy atom. The average molecular weight is 862 g/mol. The number of amides is 6. The first kappa shape index (κ1) is 47.3. The van der Waals surface area contributed by atoms with Crippen molar-refractivity contribution in [2.45, 2.75) is 83.0 Å². The first-order chi connectivity index (χ1) is 30.3. The number of carbonyl (C=O) groups is 6. The van der Waals surface area contributed by atoms with Gasteiger partial charge in [-0.25, -0.2) is 0 Å². The van der Waals surface area contributed by atoms with Crippen molar-refractivity contribution in [1.29, 1.82) is 0 Å². The Hall–Kier alpha value is -6.74. The second-order valence-electron chi connectivity index (χ2n) is 15.7. The second-order valence-corrected chi connectivity index (χ2v) is 15.7. The largest absolute Gasteiger partial charge is 0.496 e. The lowest BCUT2D eigenvalue weighted by atomic mass is 9.93. The van der Waals surface area contributed by atoms with Gasteiger partial charge in [0, 0.05) is 43.1 Å². The summed E-state index contributed by atoms with van der Waals surface area (Å²) in [6.45, 7) is 3.97. The van der Waals surface area contributed by atoms with Gasteiger partial charge in [-0.1, -0.05) is 61.9 Å². The van der Waals surface area contributed by atoms with Gasteiger partial charge in [0.2, 0.25) is 29.5 Å². The summed E-state index contributed by atoms with van der Waals surface area (Å²) >= 11 is 0. The molecule has 4 aromatic rings. The van der Waals surface area contributed by atoms with Crippen LogP contribution in [0.3, 0.4) is 0 Å². The van der Waals surface area contributed by atoms with Crippen molar-refractivity contribution >= 4 is 35.4 Å². The number of aryl methyl sites for hydroxylation is 1. The SMILES string of the molecule is CCCc1ccc(-c2ccc(C(=O)NCCC(=O)NC(CCCCN)C(=O)N(C)[C@@H]3C(=O)N[C@@H](C)C(=O)N[C@H](C(N)=O)Cc4ccc(OC)c(c4)-c4cc3ccc4OC)cc2)cc1. The summed E-state index contributed by atoms with van der Waals surface area (Å²) < 4.78 is 11.4. The summed E-state index contributed by atoms with van der Waals surface area (Å²) in [4.78, 5) is 82.5. The highest BCUT2D eigenvalue weighted by Gasteiger charge is 2.36. The van der Waals surface area contributed by atoms with E-state index in [2.05, 4.69) is 52.5 Å². The molecule has 4 bridgehead atoms. The molecule has 0 aromatic heterocycles. The normalized spacial score (nSPS) is 16.6. The van der Waals surface area contributed by atoms with Crippen LogP contribution in [-0.4, -0.2) is 92.8 Å². The first-order valence-electron chi connectivity index (χ1n) is 21.3. The zero-order valence-electron chi connectivity index (χ0n) is 36.6. The lowest BCUT2D eigenvalue weighted by Gasteiger charge is -2.32. The standard InChI is InChI=1S/C48H59N7O8/c1-6-9-30-11-14-32(15-12-30)33-16-18-34(19-17-33)46(59)51-25-23-42(56)53-38(10-7-8-24-49)48(61)55(3)43-35-20-22-41(63-5)37(28-35)36-26-31(13-21-40(36)62-4)27-39(44(50)57)54-45(58)29(2)52-47(43)60/h11-22,26,28-29,38-39,43H,6-10,23-25,27,49H2,1-5H3,(H2,50,57)(H,51,59)(H,52,60)(H,53,56)(H,54,58)/t29-,38?,39-,43-/m0/s1. The number of primary amides is 1. The molecule has 0 radical (unpaired) electrons. The van der Waals surface area contributed by atoms with Crippen molar-refractivity contribution in [3.8, 4) is 33.8 Å². The summed E-state index contributed by atoms with van der Waals surface area (Å²) in [7, 11) is 4.45. The Balaban J connectivity index is 1.36. The Bertz CT molecular complexity index is 2260. The molecule has 63 heavy (non-hydrogen) atoms. The maximum Gasteiger partial charge on any atom is 0.251 e. The Labute approximate surface area is 368 Å². The number of ether oxygens (including phenoxy) is 2. The molecule has 0 spiro atoms. The third-order valence-electron chi connectivity index (χ3n) is 11.1. The van der Waals surface area contributed by atoms with Crippen LogP contribution in [-0.2, 0) is 36.8 Å². The fourth-order valence-corrected chi connectivity index (χ4v) is 7.61. The molecule has 1 aliphatic heterocycles. The fourth-order valence-electron chi connectivity index (χ4n) is 7.61. The van der Waals surface area contributed by atoms with Gasteiger partial charge in [0.25, 0.3) is 5.91 Å². The van der Waals surface area contributed by atoms with Gasteiger partial charge in [-0.15, -0.1) is 0 Å². The number of likely N-dealkylation sites (N-methyl/N-ethyl adjacent to an activating group) is 1. The molecule has 15 heteroatoms. The smallest absolute Gasteiger partial charge is 0.251 e. The maximum atomic E-state index is 14.5.